The van der Waals surface area contributed by atoms with E-state index in [-0.39, 0.29) is 12.3 Å². The SMILES string of the molecule is Cc1ccc(Nc2ccc(NC(=O)Cc3ccc(Cl)cc3)nn2)cc1. The van der Waals surface area contributed by atoms with Crippen LogP contribution in [0, 0.1) is 6.92 Å². The van der Waals surface area contributed by atoms with Crippen molar-refractivity contribution in [1.82, 2.24) is 10.2 Å². The highest BCUT2D eigenvalue weighted by molar-refractivity contribution is 6.30. The van der Waals surface area contributed by atoms with E-state index < -0.39 is 0 Å². The molecule has 2 N–H and O–H groups in total. The number of amides is 1. The first-order valence-corrected chi connectivity index (χ1v) is 8.18. The predicted octanol–water partition coefficient (Wildman–Crippen LogP) is 4.36. The van der Waals surface area contributed by atoms with Gasteiger partial charge < -0.3 is 10.6 Å². The number of carbonyl (C=O) groups excluding carboxylic acids is 1. The highest BCUT2D eigenvalue weighted by Crippen LogP contribution is 2.16. The highest BCUT2D eigenvalue weighted by atomic mass is 35.5. The van der Waals surface area contributed by atoms with Gasteiger partial charge in [0, 0.05) is 10.7 Å². The number of nitrogens with zero attached hydrogens (tertiary/aromatic N) is 2. The zero-order chi connectivity index (χ0) is 17.6. The standard InChI is InChI=1S/C19H17ClN4O/c1-13-2-8-16(9-3-13)21-17-10-11-18(24-23-17)22-19(25)12-14-4-6-15(20)7-5-14/h2-11H,12H2,1H3,(H,21,23)(H,22,24,25). The Hall–Kier alpha value is -2.92. The Morgan fingerprint density at radius 3 is 2.20 bits per heavy atom. The lowest BCUT2D eigenvalue weighted by molar-refractivity contribution is -0.115. The van der Waals surface area contributed by atoms with Crippen molar-refractivity contribution in [3.8, 4) is 0 Å². The van der Waals surface area contributed by atoms with Crippen molar-refractivity contribution in [2.45, 2.75) is 13.3 Å². The minimum atomic E-state index is -0.157. The van der Waals surface area contributed by atoms with Crippen LogP contribution in [-0.4, -0.2) is 16.1 Å². The minimum absolute atomic E-state index is 0.157. The lowest BCUT2D eigenvalue weighted by atomic mass is 10.1. The molecule has 3 rings (SSSR count). The molecule has 25 heavy (non-hydrogen) atoms. The van der Waals surface area contributed by atoms with Crippen LogP contribution in [0.15, 0.2) is 60.7 Å². The van der Waals surface area contributed by atoms with E-state index in [1.54, 1.807) is 24.3 Å². The zero-order valence-corrected chi connectivity index (χ0v) is 14.4. The van der Waals surface area contributed by atoms with Gasteiger partial charge in [-0.1, -0.05) is 41.4 Å². The summed E-state index contributed by atoms with van der Waals surface area (Å²) in [4.78, 5) is 12.0. The molecular weight excluding hydrogens is 336 g/mol. The third-order valence-electron chi connectivity index (χ3n) is 3.53. The van der Waals surface area contributed by atoms with Crippen molar-refractivity contribution in [2.24, 2.45) is 0 Å². The van der Waals surface area contributed by atoms with E-state index in [2.05, 4.69) is 20.8 Å². The molecule has 1 aromatic heterocycles. The fourth-order valence-corrected chi connectivity index (χ4v) is 2.35. The molecule has 0 saturated heterocycles. The number of aromatic nitrogens is 2. The summed E-state index contributed by atoms with van der Waals surface area (Å²) in [7, 11) is 0. The van der Waals surface area contributed by atoms with Crippen molar-refractivity contribution in [3.63, 3.8) is 0 Å². The number of rotatable bonds is 5. The Morgan fingerprint density at radius 1 is 0.920 bits per heavy atom. The van der Waals surface area contributed by atoms with E-state index in [1.807, 2.05) is 43.3 Å². The molecule has 3 aromatic rings. The molecule has 0 atom stereocenters. The number of carbonyl (C=O) groups is 1. The summed E-state index contributed by atoms with van der Waals surface area (Å²) in [6, 6.07) is 18.6. The van der Waals surface area contributed by atoms with Gasteiger partial charge in [0.15, 0.2) is 11.6 Å². The summed E-state index contributed by atoms with van der Waals surface area (Å²) in [6.45, 7) is 2.03. The van der Waals surface area contributed by atoms with Gasteiger partial charge in [-0.3, -0.25) is 4.79 Å². The summed E-state index contributed by atoms with van der Waals surface area (Å²) >= 11 is 5.83. The molecule has 1 heterocycles. The van der Waals surface area contributed by atoms with E-state index >= 15 is 0 Å². The van der Waals surface area contributed by atoms with Crippen LogP contribution < -0.4 is 10.6 Å². The van der Waals surface area contributed by atoms with Crippen LogP contribution in [0.4, 0.5) is 17.3 Å². The van der Waals surface area contributed by atoms with Crippen molar-refractivity contribution < 1.29 is 4.79 Å². The summed E-state index contributed by atoms with van der Waals surface area (Å²) in [5, 5.41) is 14.6. The number of benzene rings is 2. The first kappa shape index (κ1) is 16.9. The first-order chi connectivity index (χ1) is 12.1. The molecule has 0 radical (unpaired) electrons. The molecule has 1 amide bonds. The average Bonchev–Trinajstić information content (AvgIpc) is 2.61. The van der Waals surface area contributed by atoms with Crippen LogP contribution in [0.2, 0.25) is 5.02 Å². The highest BCUT2D eigenvalue weighted by Gasteiger charge is 2.06. The van der Waals surface area contributed by atoms with Gasteiger partial charge in [0.25, 0.3) is 0 Å². The predicted molar refractivity (Wildman–Crippen MR) is 100 cm³/mol. The van der Waals surface area contributed by atoms with Crippen LogP contribution >= 0.6 is 11.6 Å². The van der Waals surface area contributed by atoms with Crippen LogP contribution in [0.25, 0.3) is 0 Å². The van der Waals surface area contributed by atoms with Crippen LogP contribution in [-0.2, 0) is 11.2 Å². The molecule has 0 aliphatic heterocycles. The van der Waals surface area contributed by atoms with Crippen LogP contribution in [0.3, 0.4) is 0 Å². The number of anilines is 3. The fourth-order valence-electron chi connectivity index (χ4n) is 2.23. The smallest absolute Gasteiger partial charge is 0.229 e. The van der Waals surface area contributed by atoms with Gasteiger partial charge in [0.2, 0.25) is 5.91 Å². The Balaban J connectivity index is 1.57. The monoisotopic (exact) mass is 352 g/mol. The van der Waals surface area contributed by atoms with Gasteiger partial charge >= 0.3 is 0 Å². The van der Waals surface area contributed by atoms with E-state index in [9.17, 15) is 4.79 Å². The molecule has 0 unspecified atom stereocenters. The maximum atomic E-state index is 12.0. The average molecular weight is 353 g/mol. The van der Waals surface area contributed by atoms with Crippen molar-refractivity contribution in [2.75, 3.05) is 10.6 Å². The molecule has 2 aromatic carbocycles. The lowest BCUT2D eigenvalue weighted by Crippen LogP contribution is -2.15. The number of nitrogens with one attached hydrogen (secondary N) is 2. The third-order valence-corrected chi connectivity index (χ3v) is 3.79. The van der Waals surface area contributed by atoms with Crippen molar-refractivity contribution in [1.29, 1.82) is 0 Å². The molecule has 0 spiro atoms. The lowest BCUT2D eigenvalue weighted by Gasteiger charge is -2.07. The summed E-state index contributed by atoms with van der Waals surface area (Å²) in [5.74, 6) is 0.865. The number of aryl methyl sites for hydroxylation is 1. The quantitative estimate of drug-likeness (QED) is 0.715. The maximum absolute atomic E-state index is 12.0. The normalized spacial score (nSPS) is 10.3. The van der Waals surface area contributed by atoms with Crippen LogP contribution in [0.1, 0.15) is 11.1 Å². The second-order valence-electron chi connectivity index (χ2n) is 5.65. The molecule has 0 aliphatic carbocycles. The second kappa shape index (κ2) is 7.77. The Bertz CT molecular complexity index is 846. The largest absolute Gasteiger partial charge is 0.339 e. The molecular formula is C19H17ClN4O. The van der Waals surface area contributed by atoms with Gasteiger partial charge in [0.05, 0.1) is 6.42 Å². The number of hydrogen-bond donors (Lipinski definition) is 2. The van der Waals surface area contributed by atoms with Crippen molar-refractivity contribution >= 4 is 34.8 Å². The van der Waals surface area contributed by atoms with Crippen molar-refractivity contribution in [3.05, 3.63) is 76.8 Å². The topological polar surface area (TPSA) is 66.9 Å². The molecule has 6 heteroatoms. The molecule has 0 aliphatic rings. The van der Waals surface area contributed by atoms with Gasteiger partial charge in [-0.15, -0.1) is 10.2 Å². The maximum Gasteiger partial charge on any atom is 0.229 e. The summed E-state index contributed by atoms with van der Waals surface area (Å²) in [6.07, 6.45) is 0.252. The number of halogens is 1. The summed E-state index contributed by atoms with van der Waals surface area (Å²) < 4.78 is 0. The fraction of sp³-hybridized carbons (Fsp3) is 0.105. The Labute approximate surface area is 151 Å². The molecule has 126 valence electrons. The van der Waals surface area contributed by atoms with E-state index in [1.165, 1.54) is 5.56 Å². The molecule has 0 saturated carbocycles. The van der Waals surface area contributed by atoms with Gasteiger partial charge in [0.1, 0.15) is 0 Å². The Morgan fingerprint density at radius 2 is 1.56 bits per heavy atom. The summed E-state index contributed by atoms with van der Waals surface area (Å²) in [5.41, 5.74) is 3.00. The van der Waals surface area contributed by atoms with E-state index in [0.29, 0.717) is 16.7 Å². The second-order valence-corrected chi connectivity index (χ2v) is 6.08. The van der Waals surface area contributed by atoms with E-state index in [4.69, 9.17) is 11.6 Å². The van der Waals surface area contributed by atoms with E-state index in [0.717, 1.165) is 11.3 Å². The number of hydrogen-bond acceptors (Lipinski definition) is 4. The molecule has 5 nitrogen and oxygen atoms in total. The minimum Gasteiger partial charge on any atom is -0.339 e. The van der Waals surface area contributed by atoms with Gasteiger partial charge in [-0.25, -0.2) is 0 Å². The Kier molecular flexibility index (Phi) is 5.26. The molecule has 0 bridgehead atoms. The molecule has 0 fully saturated rings. The van der Waals surface area contributed by atoms with Crippen LogP contribution in [0.5, 0.6) is 0 Å². The zero-order valence-electron chi connectivity index (χ0n) is 13.7. The van der Waals surface area contributed by atoms with Gasteiger partial charge in [-0.05, 0) is 48.9 Å². The van der Waals surface area contributed by atoms with Gasteiger partial charge in [-0.2, -0.15) is 0 Å². The first-order valence-electron chi connectivity index (χ1n) is 7.80. The third kappa shape index (κ3) is 5.02.